The van der Waals surface area contributed by atoms with E-state index in [0.29, 0.717) is 18.7 Å². The number of carboxylic acid groups (broad SMARTS) is 1. The summed E-state index contributed by atoms with van der Waals surface area (Å²) in [7, 11) is 0. The Labute approximate surface area is 127 Å². The van der Waals surface area contributed by atoms with E-state index >= 15 is 0 Å². The SMILES string of the molecule is C[C@@H](O)[C@@H](C1OO1)[C@H]1C[C@@H](SCCN=CN)C(C(=O)O)N1. The molecular weight excluding hydrogens is 298 g/mol. The van der Waals surface area contributed by atoms with Crippen LogP contribution >= 0.6 is 11.8 Å². The Bertz CT molecular complexity index is 389. The van der Waals surface area contributed by atoms with Crippen LogP contribution in [0.3, 0.4) is 0 Å². The molecule has 0 saturated carbocycles. The molecule has 1 unspecified atom stereocenters. The van der Waals surface area contributed by atoms with Gasteiger partial charge >= 0.3 is 5.97 Å². The third-order valence-corrected chi connectivity index (χ3v) is 5.03. The molecule has 0 aromatic carbocycles. The number of hydrogen-bond donors (Lipinski definition) is 4. The van der Waals surface area contributed by atoms with E-state index in [1.807, 2.05) is 0 Å². The van der Waals surface area contributed by atoms with Gasteiger partial charge in [0.15, 0.2) is 0 Å². The van der Waals surface area contributed by atoms with Crippen molar-refractivity contribution in [3.63, 3.8) is 0 Å². The number of aliphatic hydroxyl groups is 1. The summed E-state index contributed by atoms with van der Waals surface area (Å²) in [4.78, 5) is 24.9. The maximum Gasteiger partial charge on any atom is 0.321 e. The molecule has 2 rings (SSSR count). The Balaban J connectivity index is 1.95. The largest absolute Gasteiger partial charge is 0.480 e. The standard InChI is InChI=1S/C12H21N3O5S/c1-6(16)9(12-19-20-12)7-4-8(10(15-7)11(17)18)21-3-2-14-5-13/h5-10,12,15-16H,2-4H2,1H3,(H2,13,14)(H,17,18)/t6-,7-,8-,9-,10?/m1/s1. The summed E-state index contributed by atoms with van der Waals surface area (Å²) in [6.07, 6.45) is 0.778. The first kappa shape index (κ1) is 16.5. The second-order valence-corrected chi connectivity index (χ2v) is 6.52. The molecule has 2 saturated heterocycles. The Morgan fingerprint density at radius 3 is 2.86 bits per heavy atom. The average molecular weight is 319 g/mol. The molecule has 8 nitrogen and oxygen atoms in total. The van der Waals surface area contributed by atoms with Gasteiger partial charge in [-0.25, -0.2) is 0 Å². The van der Waals surface area contributed by atoms with Gasteiger partial charge in [-0.3, -0.25) is 9.79 Å². The first-order valence-electron chi connectivity index (χ1n) is 6.85. The van der Waals surface area contributed by atoms with Gasteiger partial charge in [0.2, 0.25) is 6.29 Å². The number of aliphatic hydroxyl groups excluding tert-OH is 1. The molecule has 2 heterocycles. The molecule has 0 aromatic heterocycles. The predicted octanol–water partition coefficient (Wildman–Crippen LogP) is -0.825. The Kier molecular flexibility index (Phi) is 5.82. The van der Waals surface area contributed by atoms with Gasteiger partial charge in [0.05, 0.1) is 18.4 Å². The van der Waals surface area contributed by atoms with Gasteiger partial charge < -0.3 is 21.3 Å². The second-order valence-electron chi connectivity index (χ2n) is 5.17. The van der Waals surface area contributed by atoms with Crippen molar-refractivity contribution in [2.45, 2.75) is 43.1 Å². The molecule has 21 heavy (non-hydrogen) atoms. The molecule has 5 N–H and O–H groups in total. The number of carbonyl (C=O) groups is 1. The Morgan fingerprint density at radius 1 is 1.62 bits per heavy atom. The van der Waals surface area contributed by atoms with Gasteiger partial charge in [-0.2, -0.15) is 21.5 Å². The third-order valence-electron chi connectivity index (χ3n) is 3.72. The number of rotatable bonds is 8. The van der Waals surface area contributed by atoms with Crippen LogP contribution in [-0.2, 0) is 14.6 Å². The molecule has 0 spiro atoms. The van der Waals surface area contributed by atoms with Crippen molar-refractivity contribution < 1.29 is 24.8 Å². The topological polar surface area (TPSA) is 133 Å². The lowest BCUT2D eigenvalue weighted by molar-refractivity contribution is -0.139. The number of nitrogens with two attached hydrogens (primary N) is 1. The second kappa shape index (κ2) is 7.41. The molecule has 5 atom stereocenters. The highest BCUT2D eigenvalue weighted by molar-refractivity contribution is 8.00. The molecule has 0 radical (unpaired) electrons. The number of thioether (sulfide) groups is 1. The maximum atomic E-state index is 11.4. The van der Waals surface area contributed by atoms with Crippen LogP contribution in [0.4, 0.5) is 0 Å². The van der Waals surface area contributed by atoms with Crippen molar-refractivity contribution in [3.8, 4) is 0 Å². The Hall–Kier alpha value is -0.870. The number of aliphatic carboxylic acids is 1. The summed E-state index contributed by atoms with van der Waals surface area (Å²) in [5.74, 6) is -0.467. The van der Waals surface area contributed by atoms with E-state index in [9.17, 15) is 15.0 Å². The number of aliphatic imine (C=N–C) groups is 1. The van der Waals surface area contributed by atoms with E-state index in [-0.39, 0.29) is 17.2 Å². The molecule has 2 fully saturated rings. The highest BCUT2D eigenvalue weighted by Gasteiger charge is 2.49. The fraction of sp³-hybridized carbons (Fsp3) is 0.833. The van der Waals surface area contributed by atoms with E-state index in [2.05, 4.69) is 10.3 Å². The normalized spacial score (nSPS) is 32.4. The van der Waals surface area contributed by atoms with Gasteiger partial charge in [-0.15, -0.1) is 0 Å². The maximum absolute atomic E-state index is 11.4. The molecule has 0 amide bonds. The van der Waals surface area contributed by atoms with E-state index in [1.54, 1.807) is 18.7 Å². The first-order chi connectivity index (χ1) is 10.0. The van der Waals surface area contributed by atoms with Gasteiger partial charge in [-0.05, 0) is 13.3 Å². The summed E-state index contributed by atoms with van der Waals surface area (Å²) < 4.78 is 0. The fourth-order valence-corrected chi connectivity index (χ4v) is 3.94. The quantitative estimate of drug-likeness (QED) is 0.150. The van der Waals surface area contributed by atoms with Crippen LogP contribution in [0.25, 0.3) is 0 Å². The smallest absolute Gasteiger partial charge is 0.321 e. The molecule has 0 aliphatic carbocycles. The number of carboxylic acids is 1. The summed E-state index contributed by atoms with van der Waals surface area (Å²) >= 11 is 1.55. The minimum atomic E-state index is -0.890. The van der Waals surface area contributed by atoms with Crippen LogP contribution in [0.1, 0.15) is 13.3 Å². The van der Waals surface area contributed by atoms with E-state index in [1.165, 1.54) is 6.34 Å². The molecule has 2 aliphatic heterocycles. The van der Waals surface area contributed by atoms with Crippen LogP contribution in [-0.4, -0.2) is 64.5 Å². The zero-order valence-electron chi connectivity index (χ0n) is 11.7. The zero-order valence-corrected chi connectivity index (χ0v) is 12.5. The van der Waals surface area contributed by atoms with Crippen molar-refractivity contribution in [1.82, 2.24) is 5.32 Å². The van der Waals surface area contributed by atoms with Crippen LogP contribution in [0.2, 0.25) is 0 Å². The van der Waals surface area contributed by atoms with Crippen molar-refractivity contribution >= 4 is 24.1 Å². The highest BCUT2D eigenvalue weighted by atomic mass is 32.2. The van der Waals surface area contributed by atoms with Crippen molar-refractivity contribution in [1.29, 1.82) is 0 Å². The molecule has 0 aromatic rings. The van der Waals surface area contributed by atoms with Crippen LogP contribution in [0.5, 0.6) is 0 Å². The minimum absolute atomic E-state index is 0.0829. The summed E-state index contributed by atoms with van der Waals surface area (Å²) in [6, 6.07) is -0.809. The first-order valence-corrected chi connectivity index (χ1v) is 7.90. The van der Waals surface area contributed by atoms with Gasteiger partial charge in [-0.1, -0.05) is 0 Å². The molecule has 2 aliphatic rings. The van der Waals surface area contributed by atoms with E-state index in [0.717, 1.165) is 0 Å². The van der Waals surface area contributed by atoms with E-state index < -0.39 is 24.4 Å². The zero-order chi connectivity index (χ0) is 15.4. The molecule has 9 heteroatoms. The van der Waals surface area contributed by atoms with Crippen molar-refractivity contribution in [2.24, 2.45) is 16.6 Å². The monoisotopic (exact) mass is 319 g/mol. The lowest BCUT2D eigenvalue weighted by Gasteiger charge is -2.23. The molecular formula is C12H21N3O5S. The summed E-state index contributed by atoms with van der Waals surface area (Å²) in [6.45, 7) is 2.22. The lowest BCUT2D eigenvalue weighted by atomic mass is 9.93. The van der Waals surface area contributed by atoms with Crippen LogP contribution in [0.15, 0.2) is 4.99 Å². The van der Waals surface area contributed by atoms with Crippen LogP contribution < -0.4 is 11.1 Å². The fourth-order valence-electron chi connectivity index (χ4n) is 2.70. The summed E-state index contributed by atoms with van der Waals surface area (Å²) in [5, 5.41) is 22.2. The molecule has 120 valence electrons. The lowest BCUT2D eigenvalue weighted by Crippen LogP contribution is -2.45. The highest BCUT2D eigenvalue weighted by Crippen LogP contribution is 2.36. The summed E-state index contributed by atoms with van der Waals surface area (Å²) in [5.41, 5.74) is 5.17. The van der Waals surface area contributed by atoms with Gasteiger partial charge in [0.1, 0.15) is 6.04 Å². The van der Waals surface area contributed by atoms with Crippen LogP contribution in [0, 0.1) is 5.92 Å². The number of nitrogens with zero attached hydrogens (tertiary/aromatic N) is 1. The Morgan fingerprint density at radius 2 is 2.33 bits per heavy atom. The number of hydrogen-bond acceptors (Lipinski definition) is 7. The van der Waals surface area contributed by atoms with Crippen molar-refractivity contribution in [3.05, 3.63) is 0 Å². The third kappa shape index (κ3) is 4.30. The van der Waals surface area contributed by atoms with Gasteiger partial charge in [0.25, 0.3) is 0 Å². The average Bonchev–Trinajstić information content (AvgIpc) is 3.14. The predicted molar refractivity (Wildman–Crippen MR) is 77.9 cm³/mol. The van der Waals surface area contributed by atoms with Gasteiger partial charge in [0, 0.05) is 23.6 Å². The number of nitrogens with one attached hydrogen (secondary N) is 1. The van der Waals surface area contributed by atoms with Crippen molar-refractivity contribution in [2.75, 3.05) is 12.3 Å². The minimum Gasteiger partial charge on any atom is -0.480 e. The van der Waals surface area contributed by atoms with E-state index in [4.69, 9.17) is 15.5 Å². The molecule has 0 bridgehead atoms.